The van der Waals surface area contributed by atoms with E-state index >= 15 is 0 Å². The Morgan fingerprint density at radius 2 is 2.20 bits per heavy atom. The van der Waals surface area contributed by atoms with Gasteiger partial charge in [0.05, 0.1) is 0 Å². The minimum Gasteiger partial charge on any atom is -0.398 e. The molecule has 0 bridgehead atoms. The van der Waals surface area contributed by atoms with Crippen LogP contribution in [0.3, 0.4) is 0 Å². The fraction of sp³-hybridized carbons (Fsp3) is 0.267. The number of amides is 1. The van der Waals surface area contributed by atoms with Gasteiger partial charge in [0.1, 0.15) is 0 Å². The third-order valence-corrected chi connectivity index (χ3v) is 4.73. The Morgan fingerprint density at radius 3 is 2.95 bits per heavy atom. The molecule has 3 rings (SSSR count). The van der Waals surface area contributed by atoms with E-state index in [1.807, 2.05) is 17.4 Å². The summed E-state index contributed by atoms with van der Waals surface area (Å²) in [5.41, 5.74) is 14.8. The zero-order valence-electron chi connectivity index (χ0n) is 11.1. The van der Waals surface area contributed by atoms with Gasteiger partial charge < -0.3 is 11.5 Å². The predicted molar refractivity (Wildman–Crippen MR) is 81.5 cm³/mol. The smallest absolute Gasteiger partial charge is 0.248 e. The molecule has 1 aliphatic heterocycles. The Bertz CT molecular complexity index is 650. The first-order valence-electron chi connectivity index (χ1n) is 6.59. The van der Waals surface area contributed by atoms with Gasteiger partial charge >= 0.3 is 0 Å². The second-order valence-corrected chi connectivity index (χ2v) is 6.11. The summed E-state index contributed by atoms with van der Waals surface area (Å²) >= 11 is 1.84. The monoisotopic (exact) mass is 287 g/mol. The zero-order chi connectivity index (χ0) is 14.1. The first kappa shape index (κ1) is 13.1. The fourth-order valence-electron chi connectivity index (χ4n) is 2.57. The highest BCUT2D eigenvalue weighted by Gasteiger charge is 2.18. The Morgan fingerprint density at radius 1 is 1.35 bits per heavy atom. The van der Waals surface area contributed by atoms with E-state index in [1.165, 1.54) is 10.4 Å². The molecule has 0 atom stereocenters. The van der Waals surface area contributed by atoms with Crippen LogP contribution in [0, 0.1) is 0 Å². The quantitative estimate of drug-likeness (QED) is 0.848. The number of hydrogen-bond acceptors (Lipinski definition) is 4. The maximum absolute atomic E-state index is 11.1. The van der Waals surface area contributed by atoms with Gasteiger partial charge in [-0.1, -0.05) is 6.07 Å². The molecule has 0 saturated carbocycles. The highest BCUT2D eigenvalue weighted by atomic mass is 32.1. The number of thiophene rings is 1. The molecule has 1 aliphatic rings. The topological polar surface area (TPSA) is 72.4 Å². The van der Waals surface area contributed by atoms with E-state index in [9.17, 15) is 4.79 Å². The van der Waals surface area contributed by atoms with Crippen LogP contribution in [0.1, 0.15) is 26.4 Å². The Labute approximate surface area is 122 Å². The van der Waals surface area contributed by atoms with Crippen molar-refractivity contribution < 1.29 is 4.79 Å². The molecular formula is C15H17N3OS. The van der Waals surface area contributed by atoms with E-state index in [1.54, 1.807) is 12.1 Å². The molecule has 0 unspecified atom stereocenters. The third kappa shape index (κ3) is 2.55. The Balaban J connectivity index is 1.74. The van der Waals surface area contributed by atoms with Crippen LogP contribution in [-0.2, 0) is 19.5 Å². The zero-order valence-corrected chi connectivity index (χ0v) is 12.0. The molecule has 2 aromatic rings. The summed E-state index contributed by atoms with van der Waals surface area (Å²) in [5, 5.41) is 2.16. The molecule has 1 aromatic heterocycles. The number of anilines is 1. The number of nitrogens with zero attached hydrogens (tertiary/aromatic N) is 1. The Hall–Kier alpha value is -1.85. The lowest BCUT2D eigenvalue weighted by atomic mass is 10.1. The van der Waals surface area contributed by atoms with E-state index in [-0.39, 0.29) is 0 Å². The van der Waals surface area contributed by atoms with Gasteiger partial charge in [0, 0.05) is 35.8 Å². The minimum atomic E-state index is -0.441. The molecule has 104 valence electrons. The van der Waals surface area contributed by atoms with Crippen molar-refractivity contribution in [2.45, 2.75) is 19.5 Å². The molecule has 2 heterocycles. The molecular weight excluding hydrogens is 270 g/mol. The van der Waals surface area contributed by atoms with Crippen molar-refractivity contribution in [1.29, 1.82) is 0 Å². The van der Waals surface area contributed by atoms with E-state index in [2.05, 4.69) is 16.3 Å². The van der Waals surface area contributed by atoms with Gasteiger partial charge in [-0.15, -0.1) is 11.3 Å². The van der Waals surface area contributed by atoms with E-state index in [0.717, 1.165) is 31.6 Å². The van der Waals surface area contributed by atoms with Gasteiger partial charge in [-0.25, -0.2) is 0 Å². The molecule has 1 amide bonds. The average molecular weight is 287 g/mol. The van der Waals surface area contributed by atoms with Gasteiger partial charge in [0.2, 0.25) is 5.91 Å². The van der Waals surface area contributed by atoms with Gasteiger partial charge in [0.15, 0.2) is 0 Å². The lowest BCUT2D eigenvalue weighted by Gasteiger charge is -2.27. The number of carbonyl (C=O) groups excluding carboxylic acids is 1. The number of rotatable bonds is 3. The standard InChI is InChI=1S/C15H17N3OS/c16-13-7-10(15(17)19)1-2-11(13)8-18-5-3-14-12(9-18)4-6-20-14/h1-2,4,6-7H,3,5,8-9,16H2,(H2,17,19). The van der Waals surface area contributed by atoms with Crippen LogP contribution >= 0.6 is 11.3 Å². The van der Waals surface area contributed by atoms with Crippen LogP contribution in [0.15, 0.2) is 29.6 Å². The molecule has 4 N–H and O–H groups in total. The number of benzene rings is 1. The van der Waals surface area contributed by atoms with Crippen LogP contribution in [0.4, 0.5) is 5.69 Å². The first-order valence-corrected chi connectivity index (χ1v) is 7.47. The summed E-state index contributed by atoms with van der Waals surface area (Å²) in [6, 6.07) is 7.51. The minimum absolute atomic E-state index is 0.441. The van der Waals surface area contributed by atoms with Crippen LogP contribution in [0.5, 0.6) is 0 Å². The summed E-state index contributed by atoms with van der Waals surface area (Å²) in [4.78, 5) is 15.0. The van der Waals surface area contributed by atoms with Crippen LogP contribution < -0.4 is 11.5 Å². The molecule has 5 heteroatoms. The number of carbonyl (C=O) groups is 1. The van der Waals surface area contributed by atoms with Gasteiger partial charge in [-0.2, -0.15) is 0 Å². The second-order valence-electron chi connectivity index (χ2n) is 5.11. The first-order chi connectivity index (χ1) is 9.63. The van der Waals surface area contributed by atoms with Gasteiger partial charge in [-0.05, 0) is 41.1 Å². The van der Waals surface area contributed by atoms with Gasteiger partial charge in [-0.3, -0.25) is 9.69 Å². The van der Waals surface area contributed by atoms with Crippen LogP contribution in [0.25, 0.3) is 0 Å². The average Bonchev–Trinajstić information content (AvgIpc) is 2.88. The van der Waals surface area contributed by atoms with Crippen molar-refractivity contribution in [3.05, 3.63) is 51.2 Å². The van der Waals surface area contributed by atoms with Crippen molar-refractivity contribution in [3.63, 3.8) is 0 Å². The molecule has 0 saturated heterocycles. The second kappa shape index (κ2) is 5.26. The molecule has 0 aliphatic carbocycles. The lowest BCUT2D eigenvalue weighted by Crippen LogP contribution is -2.29. The molecule has 0 spiro atoms. The van der Waals surface area contributed by atoms with E-state index in [0.29, 0.717) is 11.3 Å². The SMILES string of the molecule is NC(=O)c1ccc(CN2CCc3sccc3C2)c(N)c1. The molecule has 1 aromatic carbocycles. The van der Waals surface area contributed by atoms with Crippen molar-refractivity contribution in [1.82, 2.24) is 4.90 Å². The fourth-order valence-corrected chi connectivity index (χ4v) is 3.46. The van der Waals surface area contributed by atoms with Crippen LogP contribution in [-0.4, -0.2) is 17.4 Å². The van der Waals surface area contributed by atoms with Crippen molar-refractivity contribution >= 4 is 22.9 Å². The highest BCUT2D eigenvalue weighted by molar-refractivity contribution is 7.10. The number of nitrogen functional groups attached to an aromatic ring is 1. The number of fused-ring (bicyclic) bond motifs is 1. The van der Waals surface area contributed by atoms with Gasteiger partial charge in [0.25, 0.3) is 0 Å². The number of nitrogens with two attached hydrogens (primary N) is 2. The molecule has 20 heavy (non-hydrogen) atoms. The number of hydrogen-bond donors (Lipinski definition) is 2. The predicted octanol–water partition coefficient (Wildman–Crippen LogP) is 1.99. The molecule has 4 nitrogen and oxygen atoms in total. The summed E-state index contributed by atoms with van der Waals surface area (Å²) in [7, 11) is 0. The Kier molecular flexibility index (Phi) is 3.46. The summed E-state index contributed by atoms with van der Waals surface area (Å²) < 4.78 is 0. The summed E-state index contributed by atoms with van der Waals surface area (Å²) in [5.74, 6) is -0.441. The maximum Gasteiger partial charge on any atom is 0.248 e. The largest absolute Gasteiger partial charge is 0.398 e. The van der Waals surface area contributed by atoms with Crippen molar-refractivity contribution in [3.8, 4) is 0 Å². The summed E-state index contributed by atoms with van der Waals surface area (Å²) in [6.07, 6.45) is 1.10. The number of primary amides is 1. The van der Waals surface area contributed by atoms with Crippen LogP contribution in [0.2, 0.25) is 0 Å². The highest BCUT2D eigenvalue weighted by Crippen LogP contribution is 2.26. The molecule has 0 fully saturated rings. The van der Waals surface area contributed by atoms with E-state index in [4.69, 9.17) is 11.5 Å². The maximum atomic E-state index is 11.1. The van der Waals surface area contributed by atoms with Crippen molar-refractivity contribution in [2.24, 2.45) is 5.73 Å². The van der Waals surface area contributed by atoms with E-state index < -0.39 is 5.91 Å². The third-order valence-electron chi connectivity index (χ3n) is 3.71. The summed E-state index contributed by atoms with van der Waals surface area (Å²) in [6.45, 7) is 2.82. The molecule has 0 radical (unpaired) electrons. The normalized spacial score (nSPS) is 15.0. The lowest BCUT2D eigenvalue weighted by molar-refractivity contribution is 0.100. The van der Waals surface area contributed by atoms with Crippen molar-refractivity contribution in [2.75, 3.05) is 12.3 Å².